The molecule has 2 aromatic carbocycles. The molecular formula is C18H11Cl2N3O2S. The number of hydrogen-bond donors (Lipinski definition) is 1. The van der Waals surface area contributed by atoms with Crippen LogP contribution in [0.4, 0.5) is 11.4 Å². The van der Waals surface area contributed by atoms with Gasteiger partial charge in [0.1, 0.15) is 0 Å². The van der Waals surface area contributed by atoms with Crippen LogP contribution in [0.5, 0.6) is 0 Å². The summed E-state index contributed by atoms with van der Waals surface area (Å²) < 4.78 is 0. The molecule has 0 saturated carbocycles. The van der Waals surface area contributed by atoms with E-state index in [0.717, 1.165) is 23.0 Å². The van der Waals surface area contributed by atoms with E-state index in [4.69, 9.17) is 23.2 Å². The molecule has 0 radical (unpaired) electrons. The highest BCUT2D eigenvalue weighted by Crippen LogP contribution is 2.42. The van der Waals surface area contributed by atoms with Crippen molar-refractivity contribution in [3.05, 3.63) is 63.0 Å². The molecule has 1 fully saturated rings. The number of benzene rings is 2. The summed E-state index contributed by atoms with van der Waals surface area (Å²) in [4.78, 5) is 31.4. The molecule has 0 aromatic heterocycles. The second-order valence-corrected chi connectivity index (χ2v) is 7.50. The van der Waals surface area contributed by atoms with E-state index < -0.39 is 0 Å². The lowest BCUT2D eigenvalue weighted by Crippen LogP contribution is -2.23. The minimum absolute atomic E-state index is 0.213. The summed E-state index contributed by atoms with van der Waals surface area (Å²) in [5.41, 5.74) is 2.39. The van der Waals surface area contributed by atoms with Crippen LogP contribution in [-0.4, -0.2) is 24.0 Å². The monoisotopic (exact) mass is 403 g/mol. The lowest BCUT2D eigenvalue weighted by atomic mass is 10.1. The van der Waals surface area contributed by atoms with E-state index in [2.05, 4.69) is 10.3 Å². The lowest BCUT2D eigenvalue weighted by molar-refractivity contribution is -0.116. The maximum atomic E-state index is 12.7. The predicted octanol–water partition coefficient (Wildman–Crippen LogP) is 4.23. The molecule has 4 rings (SSSR count). The molecule has 0 spiro atoms. The molecule has 1 N–H and O–H groups in total. The van der Waals surface area contributed by atoms with Gasteiger partial charge in [0.15, 0.2) is 5.17 Å². The molecule has 2 heterocycles. The second-order valence-electron chi connectivity index (χ2n) is 5.65. The van der Waals surface area contributed by atoms with Gasteiger partial charge in [0.05, 0.1) is 26.9 Å². The van der Waals surface area contributed by atoms with Crippen LogP contribution >= 0.6 is 35.0 Å². The zero-order valence-corrected chi connectivity index (χ0v) is 15.7. The minimum Gasteiger partial charge on any atom is -0.311 e. The number of nitrogens with zero attached hydrogens (tertiary/aromatic N) is 2. The van der Waals surface area contributed by atoms with Crippen molar-refractivity contribution in [2.24, 2.45) is 4.99 Å². The highest BCUT2D eigenvalue weighted by Gasteiger charge is 2.37. The molecule has 130 valence electrons. The van der Waals surface area contributed by atoms with Gasteiger partial charge in [-0.25, -0.2) is 4.99 Å². The fourth-order valence-corrected chi connectivity index (χ4v) is 4.18. The van der Waals surface area contributed by atoms with Crippen molar-refractivity contribution in [2.75, 3.05) is 11.9 Å². The number of carbonyl (C=O) groups is 2. The Morgan fingerprint density at radius 1 is 1.12 bits per heavy atom. The van der Waals surface area contributed by atoms with E-state index in [0.29, 0.717) is 31.4 Å². The molecule has 2 aliphatic heterocycles. The highest BCUT2D eigenvalue weighted by molar-refractivity contribution is 8.18. The molecule has 2 aliphatic rings. The number of para-hydroxylation sites is 1. The number of amides is 2. The van der Waals surface area contributed by atoms with E-state index >= 15 is 0 Å². The first kappa shape index (κ1) is 17.1. The smallest absolute Gasteiger partial charge is 0.264 e. The van der Waals surface area contributed by atoms with Crippen LogP contribution in [-0.2, 0) is 9.59 Å². The number of anilines is 1. The summed E-state index contributed by atoms with van der Waals surface area (Å²) in [6, 6.07) is 12.3. The molecule has 2 amide bonds. The number of aliphatic imine (C=N–C) groups is 1. The summed E-state index contributed by atoms with van der Waals surface area (Å²) in [5, 5.41) is 3.93. The third-order valence-corrected chi connectivity index (χ3v) is 5.56. The van der Waals surface area contributed by atoms with Crippen molar-refractivity contribution in [3.8, 4) is 0 Å². The average molecular weight is 404 g/mol. The van der Waals surface area contributed by atoms with Crippen LogP contribution in [0, 0.1) is 0 Å². The maximum absolute atomic E-state index is 12.7. The zero-order valence-electron chi connectivity index (χ0n) is 13.4. The Morgan fingerprint density at radius 2 is 1.88 bits per heavy atom. The van der Waals surface area contributed by atoms with Crippen LogP contribution in [0.1, 0.15) is 5.56 Å². The Hall–Kier alpha value is -2.28. The standard InChI is InChI=1S/C18H11Cl2N3O2S/c1-23-13-5-3-2-4-10(13)14(17(23)25)15-16(24)22-18(26-15)21-12-7-6-9(19)8-11(12)20/h2-8H,1H3,(H,21,22,24)/b15-14-. The number of carbonyl (C=O) groups excluding carboxylic acids is 2. The van der Waals surface area contributed by atoms with Crippen molar-refractivity contribution >= 4 is 68.9 Å². The van der Waals surface area contributed by atoms with Crippen molar-refractivity contribution < 1.29 is 9.59 Å². The Balaban J connectivity index is 1.76. The molecule has 0 bridgehead atoms. The van der Waals surface area contributed by atoms with Crippen LogP contribution < -0.4 is 10.2 Å². The number of amidine groups is 1. The molecule has 5 nitrogen and oxygen atoms in total. The first-order valence-electron chi connectivity index (χ1n) is 7.60. The van der Waals surface area contributed by atoms with E-state index in [1.165, 1.54) is 4.90 Å². The van der Waals surface area contributed by atoms with Gasteiger partial charge < -0.3 is 10.2 Å². The number of hydrogen-bond acceptors (Lipinski definition) is 4. The Labute approximate surface area is 163 Å². The van der Waals surface area contributed by atoms with E-state index in [1.807, 2.05) is 24.3 Å². The van der Waals surface area contributed by atoms with Crippen LogP contribution in [0.15, 0.2) is 52.4 Å². The number of rotatable bonds is 1. The summed E-state index contributed by atoms with van der Waals surface area (Å²) in [5.74, 6) is -0.568. The van der Waals surface area contributed by atoms with E-state index in [-0.39, 0.29) is 11.8 Å². The number of nitrogens with one attached hydrogen (secondary N) is 1. The van der Waals surface area contributed by atoms with Gasteiger partial charge in [-0.15, -0.1) is 0 Å². The van der Waals surface area contributed by atoms with Crippen molar-refractivity contribution in [2.45, 2.75) is 0 Å². The van der Waals surface area contributed by atoms with Crippen molar-refractivity contribution in [1.82, 2.24) is 5.32 Å². The van der Waals surface area contributed by atoms with Crippen LogP contribution in [0.3, 0.4) is 0 Å². The second kappa shape index (κ2) is 6.46. The fourth-order valence-electron chi connectivity index (χ4n) is 2.81. The zero-order chi connectivity index (χ0) is 18.4. The third-order valence-electron chi connectivity index (χ3n) is 4.04. The van der Waals surface area contributed by atoms with E-state index in [9.17, 15) is 9.59 Å². The third kappa shape index (κ3) is 2.80. The molecule has 1 saturated heterocycles. The first-order chi connectivity index (χ1) is 12.5. The summed E-state index contributed by atoms with van der Waals surface area (Å²) in [7, 11) is 1.69. The SMILES string of the molecule is CN1C(=O)/C(=C2\SC(=Nc3ccc(Cl)cc3Cl)NC2=O)c2ccccc21. The van der Waals surface area contributed by atoms with Crippen LogP contribution in [0.25, 0.3) is 5.57 Å². The van der Waals surface area contributed by atoms with Gasteiger partial charge in [0.2, 0.25) is 0 Å². The topological polar surface area (TPSA) is 61.8 Å². The molecule has 8 heteroatoms. The summed E-state index contributed by atoms with van der Waals surface area (Å²) in [6.45, 7) is 0. The first-order valence-corrected chi connectivity index (χ1v) is 9.17. The molecule has 26 heavy (non-hydrogen) atoms. The molecule has 2 aromatic rings. The van der Waals surface area contributed by atoms with Gasteiger partial charge in [-0.3, -0.25) is 9.59 Å². The normalized spacial score (nSPS) is 20.7. The molecule has 0 unspecified atom stereocenters. The van der Waals surface area contributed by atoms with Gasteiger partial charge in [-0.2, -0.15) is 0 Å². The van der Waals surface area contributed by atoms with Gasteiger partial charge >= 0.3 is 0 Å². The van der Waals surface area contributed by atoms with Gasteiger partial charge in [0, 0.05) is 17.6 Å². The Bertz CT molecular complexity index is 1030. The maximum Gasteiger partial charge on any atom is 0.264 e. The minimum atomic E-state index is -0.354. The lowest BCUT2D eigenvalue weighted by Gasteiger charge is -2.08. The summed E-state index contributed by atoms with van der Waals surface area (Å²) in [6.07, 6.45) is 0. The number of fused-ring (bicyclic) bond motifs is 1. The van der Waals surface area contributed by atoms with Gasteiger partial charge in [-0.1, -0.05) is 41.4 Å². The quantitative estimate of drug-likeness (QED) is 0.724. The average Bonchev–Trinajstić information content (AvgIpc) is 3.08. The molecule has 0 atom stereocenters. The van der Waals surface area contributed by atoms with Crippen LogP contribution in [0.2, 0.25) is 10.0 Å². The van der Waals surface area contributed by atoms with Crippen molar-refractivity contribution in [1.29, 1.82) is 0 Å². The molecule has 0 aliphatic carbocycles. The summed E-state index contributed by atoms with van der Waals surface area (Å²) >= 11 is 13.1. The Kier molecular flexibility index (Phi) is 4.26. The largest absolute Gasteiger partial charge is 0.311 e. The van der Waals surface area contributed by atoms with Gasteiger partial charge in [-0.05, 0) is 36.0 Å². The fraction of sp³-hybridized carbons (Fsp3) is 0.0556. The number of halogens is 2. The number of thioether (sulfide) groups is 1. The van der Waals surface area contributed by atoms with Crippen molar-refractivity contribution in [3.63, 3.8) is 0 Å². The highest BCUT2D eigenvalue weighted by atomic mass is 35.5. The predicted molar refractivity (Wildman–Crippen MR) is 106 cm³/mol. The molecular weight excluding hydrogens is 393 g/mol. The van der Waals surface area contributed by atoms with E-state index in [1.54, 1.807) is 25.2 Å². The Morgan fingerprint density at radius 3 is 2.65 bits per heavy atom. The van der Waals surface area contributed by atoms with Gasteiger partial charge in [0.25, 0.3) is 11.8 Å². The number of likely N-dealkylation sites (N-methyl/N-ethyl adjacent to an activating group) is 1.